The van der Waals surface area contributed by atoms with E-state index in [0.29, 0.717) is 0 Å². The van der Waals surface area contributed by atoms with E-state index >= 15 is 0 Å². The SMILES string of the molecule is CC(C)(CCC(C)(C)C(OC=O)C(=O)O)C(OC=O)C(=O)O. The van der Waals surface area contributed by atoms with Crippen LogP contribution in [0.2, 0.25) is 0 Å². The van der Waals surface area contributed by atoms with E-state index in [1.807, 2.05) is 0 Å². The lowest BCUT2D eigenvalue weighted by molar-refractivity contribution is -0.168. The number of rotatable bonds is 11. The van der Waals surface area contributed by atoms with E-state index in [4.69, 9.17) is 10.2 Å². The number of carbonyl (C=O) groups is 4. The topological polar surface area (TPSA) is 127 Å². The van der Waals surface area contributed by atoms with Crippen molar-refractivity contribution in [3.8, 4) is 0 Å². The molecule has 0 aliphatic carbocycles. The van der Waals surface area contributed by atoms with Gasteiger partial charge in [0.2, 0.25) is 12.2 Å². The highest BCUT2D eigenvalue weighted by molar-refractivity contribution is 5.75. The number of hydrogen-bond acceptors (Lipinski definition) is 6. The molecule has 0 fully saturated rings. The smallest absolute Gasteiger partial charge is 0.345 e. The fourth-order valence-electron chi connectivity index (χ4n) is 2.17. The average molecular weight is 318 g/mol. The van der Waals surface area contributed by atoms with Crippen LogP contribution in [-0.4, -0.2) is 47.3 Å². The average Bonchev–Trinajstić information content (AvgIpc) is 2.39. The van der Waals surface area contributed by atoms with E-state index in [2.05, 4.69) is 9.47 Å². The summed E-state index contributed by atoms with van der Waals surface area (Å²) in [6.45, 7) is 6.54. The van der Waals surface area contributed by atoms with Crippen molar-refractivity contribution in [1.82, 2.24) is 0 Å². The van der Waals surface area contributed by atoms with E-state index < -0.39 is 35.0 Å². The van der Waals surface area contributed by atoms with Gasteiger partial charge in [-0.25, -0.2) is 9.59 Å². The fourth-order valence-corrected chi connectivity index (χ4v) is 2.17. The van der Waals surface area contributed by atoms with Crippen LogP contribution in [0.15, 0.2) is 0 Å². The number of carboxylic acids is 2. The second kappa shape index (κ2) is 7.77. The van der Waals surface area contributed by atoms with Crippen LogP contribution < -0.4 is 0 Å². The molecular weight excluding hydrogens is 296 g/mol. The van der Waals surface area contributed by atoms with E-state index in [1.165, 1.54) is 0 Å². The van der Waals surface area contributed by atoms with Crippen molar-refractivity contribution < 1.29 is 38.9 Å². The van der Waals surface area contributed by atoms with Crippen LogP contribution in [-0.2, 0) is 28.7 Å². The standard InChI is InChI=1S/C14H22O8/c1-13(2,9(11(17)18)21-7-15)5-6-14(3,4)10(12(19)20)22-8-16/h7-10H,5-6H2,1-4H3,(H,17,18)(H,19,20). The Hall–Kier alpha value is -2.12. The van der Waals surface area contributed by atoms with Crippen molar-refractivity contribution in [2.45, 2.75) is 52.7 Å². The molecule has 126 valence electrons. The maximum atomic E-state index is 11.2. The lowest BCUT2D eigenvalue weighted by Crippen LogP contribution is -2.42. The molecule has 0 aliphatic rings. The van der Waals surface area contributed by atoms with E-state index in [1.54, 1.807) is 27.7 Å². The van der Waals surface area contributed by atoms with Crippen LogP contribution in [0, 0.1) is 10.8 Å². The van der Waals surface area contributed by atoms with Gasteiger partial charge in [0.1, 0.15) is 0 Å². The Labute approximate surface area is 128 Å². The minimum atomic E-state index is -1.35. The van der Waals surface area contributed by atoms with Crippen molar-refractivity contribution in [3.05, 3.63) is 0 Å². The van der Waals surface area contributed by atoms with Gasteiger partial charge >= 0.3 is 11.9 Å². The lowest BCUT2D eigenvalue weighted by Gasteiger charge is -2.35. The predicted octanol–water partition coefficient (Wildman–Crippen LogP) is 1.07. The van der Waals surface area contributed by atoms with Gasteiger partial charge in [-0.2, -0.15) is 0 Å². The Morgan fingerprint density at radius 3 is 1.32 bits per heavy atom. The molecule has 0 aromatic heterocycles. The normalized spacial score (nSPS) is 14.5. The van der Waals surface area contributed by atoms with Crippen LogP contribution in [0.25, 0.3) is 0 Å². The molecule has 2 N–H and O–H groups in total. The molecule has 0 rings (SSSR count). The van der Waals surface area contributed by atoms with Crippen LogP contribution >= 0.6 is 0 Å². The van der Waals surface area contributed by atoms with Crippen LogP contribution in [0.1, 0.15) is 40.5 Å². The molecule has 2 atom stereocenters. The van der Waals surface area contributed by atoms with Crippen molar-refractivity contribution in [2.75, 3.05) is 0 Å². The Morgan fingerprint density at radius 1 is 0.864 bits per heavy atom. The molecule has 0 radical (unpaired) electrons. The summed E-state index contributed by atoms with van der Waals surface area (Å²) in [5.41, 5.74) is -1.84. The molecule has 0 aliphatic heterocycles. The second-order valence-electron chi connectivity index (χ2n) is 6.38. The molecule has 8 heteroatoms. The molecular formula is C14H22O8. The first-order valence-corrected chi connectivity index (χ1v) is 6.63. The largest absolute Gasteiger partial charge is 0.478 e. The van der Waals surface area contributed by atoms with Crippen molar-refractivity contribution >= 4 is 24.9 Å². The molecule has 0 aromatic carbocycles. The lowest BCUT2D eigenvalue weighted by atomic mass is 9.73. The van der Waals surface area contributed by atoms with Gasteiger partial charge in [0, 0.05) is 10.8 Å². The Kier molecular flexibility index (Phi) is 7.02. The van der Waals surface area contributed by atoms with E-state index in [-0.39, 0.29) is 25.8 Å². The first-order valence-electron chi connectivity index (χ1n) is 6.63. The van der Waals surface area contributed by atoms with E-state index in [0.717, 1.165) is 0 Å². The fraction of sp³-hybridized carbons (Fsp3) is 0.714. The minimum absolute atomic E-state index is 0.0707. The number of hydrogen-bond donors (Lipinski definition) is 2. The van der Waals surface area contributed by atoms with Gasteiger partial charge in [0.05, 0.1) is 0 Å². The predicted molar refractivity (Wildman–Crippen MR) is 73.9 cm³/mol. The maximum absolute atomic E-state index is 11.2. The number of aliphatic carboxylic acids is 2. The summed E-state index contributed by atoms with van der Waals surface area (Å²) in [5, 5.41) is 18.2. The summed E-state index contributed by atoms with van der Waals surface area (Å²) in [6, 6.07) is 0. The molecule has 22 heavy (non-hydrogen) atoms. The second-order valence-corrected chi connectivity index (χ2v) is 6.38. The third kappa shape index (κ3) is 5.34. The van der Waals surface area contributed by atoms with Crippen LogP contribution in [0.5, 0.6) is 0 Å². The number of ether oxygens (including phenoxy) is 2. The summed E-state index contributed by atoms with van der Waals surface area (Å²) in [6.07, 6.45) is -2.21. The third-order valence-corrected chi connectivity index (χ3v) is 3.67. The number of carbonyl (C=O) groups excluding carboxylic acids is 2. The van der Waals surface area contributed by atoms with Crippen molar-refractivity contribution in [2.24, 2.45) is 10.8 Å². The zero-order valence-corrected chi connectivity index (χ0v) is 13.1. The van der Waals surface area contributed by atoms with Gasteiger partial charge in [0.25, 0.3) is 12.9 Å². The van der Waals surface area contributed by atoms with Crippen LogP contribution in [0.3, 0.4) is 0 Å². The molecule has 0 spiro atoms. The zero-order valence-electron chi connectivity index (χ0n) is 13.1. The molecule has 0 saturated carbocycles. The first-order chi connectivity index (χ1) is 9.99. The molecule has 0 saturated heterocycles. The highest BCUT2D eigenvalue weighted by Crippen LogP contribution is 2.37. The van der Waals surface area contributed by atoms with Gasteiger partial charge in [-0.3, -0.25) is 9.59 Å². The van der Waals surface area contributed by atoms with Gasteiger partial charge in [-0.15, -0.1) is 0 Å². The zero-order chi connectivity index (χ0) is 17.6. The highest BCUT2D eigenvalue weighted by Gasteiger charge is 2.42. The molecule has 8 nitrogen and oxygen atoms in total. The molecule has 0 aromatic rings. The third-order valence-electron chi connectivity index (χ3n) is 3.67. The first kappa shape index (κ1) is 19.9. The number of carboxylic acid groups (broad SMARTS) is 2. The van der Waals surface area contributed by atoms with Gasteiger partial charge in [-0.1, -0.05) is 27.7 Å². The summed E-state index contributed by atoms with van der Waals surface area (Å²) >= 11 is 0. The molecule has 0 bridgehead atoms. The Balaban J connectivity index is 5.06. The summed E-state index contributed by atoms with van der Waals surface area (Å²) in [4.78, 5) is 43.2. The van der Waals surface area contributed by atoms with E-state index in [9.17, 15) is 19.2 Å². The monoisotopic (exact) mass is 318 g/mol. The van der Waals surface area contributed by atoms with Gasteiger partial charge < -0.3 is 19.7 Å². The molecule has 0 amide bonds. The van der Waals surface area contributed by atoms with Crippen molar-refractivity contribution in [1.29, 1.82) is 0 Å². The molecule has 0 heterocycles. The maximum Gasteiger partial charge on any atom is 0.345 e. The summed E-state index contributed by atoms with van der Waals surface area (Å²) in [7, 11) is 0. The van der Waals surface area contributed by atoms with Gasteiger partial charge in [-0.05, 0) is 12.8 Å². The van der Waals surface area contributed by atoms with Crippen molar-refractivity contribution in [3.63, 3.8) is 0 Å². The minimum Gasteiger partial charge on any atom is -0.478 e. The highest BCUT2D eigenvalue weighted by atomic mass is 16.6. The Bertz CT molecular complexity index is 387. The van der Waals surface area contributed by atoms with Gasteiger partial charge in [0.15, 0.2) is 0 Å². The Morgan fingerprint density at radius 2 is 1.14 bits per heavy atom. The van der Waals surface area contributed by atoms with Crippen LogP contribution in [0.4, 0.5) is 0 Å². The summed E-state index contributed by atoms with van der Waals surface area (Å²) in [5.74, 6) is -2.57. The summed E-state index contributed by atoms with van der Waals surface area (Å²) < 4.78 is 9.21. The quantitative estimate of drug-likeness (QED) is 0.541. The molecule has 2 unspecified atom stereocenters.